The van der Waals surface area contributed by atoms with Gasteiger partial charge in [-0.2, -0.15) is 5.10 Å². The highest BCUT2D eigenvalue weighted by molar-refractivity contribution is 9.09. The predicted molar refractivity (Wildman–Crippen MR) is 62.6 cm³/mol. The van der Waals surface area contributed by atoms with Crippen LogP contribution in [0.3, 0.4) is 0 Å². The van der Waals surface area contributed by atoms with Crippen molar-refractivity contribution >= 4 is 15.9 Å². The molecule has 0 aliphatic rings. The molecule has 0 spiro atoms. The molecule has 0 unspecified atom stereocenters. The highest BCUT2D eigenvalue weighted by Gasteiger charge is 2.04. The average molecular weight is 260 g/mol. The average Bonchev–Trinajstić information content (AvgIpc) is 2.65. The number of halogens is 1. The summed E-state index contributed by atoms with van der Waals surface area (Å²) in [4.78, 5) is 2.39. The summed E-state index contributed by atoms with van der Waals surface area (Å²) in [6.45, 7) is 8.42. The Bertz CT molecular complexity index is 260. The summed E-state index contributed by atoms with van der Waals surface area (Å²) >= 11 is 3.46. The Labute approximate surface area is 94.2 Å². The highest BCUT2D eigenvalue weighted by atomic mass is 79.9. The molecule has 0 atom stereocenters. The molecule has 0 bridgehead atoms. The van der Waals surface area contributed by atoms with E-state index in [1.54, 1.807) is 0 Å². The fourth-order valence-electron chi connectivity index (χ4n) is 1.39. The molecule has 1 aromatic rings. The Kier molecular flexibility index (Phi) is 5.19. The minimum atomic E-state index is 0.949. The van der Waals surface area contributed by atoms with Gasteiger partial charge in [0.2, 0.25) is 0 Å². The minimum Gasteiger partial charge on any atom is -0.298 e. The van der Waals surface area contributed by atoms with E-state index in [1.165, 1.54) is 5.56 Å². The van der Waals surface area contributed by atoms with E-state index in [9.17, 15) is 0 Å². The summed E-state index contributed by atoms with van der Waals surface area (Å²) in [5, 5.41) is 5.29. The second kappa shape index (κ2) is 6.19. The zero-order valence-corrected chi connectivity index (χ0v) is 10.5. The molecule has 0 radical (unpaired) electrons. The molecule has 0 saturated carbocycles. The van der Waals surface area contributed by atoms with Crippen LogP contribution in [0.25, 0.3) is 0 Å². The molecular formula is C10H18BrN3. The molecule has 1 heterocycles. The van der Waals surface area contributed by atoms with Crippen LogP contribution in [-0.2, 0) is 13.1 Å². The standard InChI is InChI=1S/C10H18BrN3/c1-3-13(6-5-11)8-10-7-12-14(4-2)9-10/h7,9H,3-6,8H2,1-2H3. The number of rotatable bonds is 6. The van der Waals surface area contributed by atoms with E-state index in [0.717, 1.165) is 31.5 Å². The van der Waals surface area contributed by atoms with Gasteiger partial charge in [0.05, 0.1) is 6.20 Å². The van der Waals surface area contributed by atoms with E-state index in [2.05, 4.69) is 46.0 Å². The molecule has 1 rings (SSSR count). The zero-order chi connectivity index (χ0) is 10.4. The van der Waals surface area contributed by atoms with Gasteiger partial charge in [-0.1, -0.05) is 22.9 Å². The van der Waals surface area contributed by atoms with Crippen molar-refractivity contribution in [2.45, 2.75) is 26.9 Å². The van der Waals surface area contributed by atoms with Gasteiger partial charge in [0, 0.05) is 36.7 Å². The summed E-state index contributed by atoms with van der Waals surface area (Å²) in [6.07, 6.45) is 4.08. The molecule has 0 amide bonds. The normalized spacial score (nSPS) is 11.1. The Morgan fingerprint density at radius 3 is 2.79 bits per heavy atom. The molecule has 0 aliphatic heterocycles. The second-order valence-electron chi connectivity index (χ2n) is 3.26. The van der Waals surface area contributed by atoms with E-state index in [1.807, 2.05) is 10.9 Å². The van der Waals surface area contributed by atoms with Crippen LogP contribution in [0.4, 0.5) is 0 Å². The first-order valence-corrected chi connectivity index (χ1v) is 6.22. The lowest BCUT2D eigenvalue weighted by atomic mass is 10.3. The van der Waals surface area contributed by atoms with E-state index >= 15 is 0 Å². The van der Waals surface area contributed by atoms with Gasteiger partial charge in [0.1, 0.15) is 0 Å². The van der Waals surface area contributed by atoms with E-state index < -0.39 is 0 Å². The molecule has 0 N–H and O–H groups in total. The number of aromatic nitrogens is 2. The van der Waals surface area contributed by atoms with Crippen LogP contribution in [0.2, 0.25) is 0 Å². The number of hydrogen-bond donors (Lipinski definition) is 0. The molecule has 0 fully saturated rings. The lowest BCUT2D eigenvalue weighted by molar-refractivity contribution is 0.299. The van der Waals surface area contributed by atoms with Gasteiger partial charge in [-0.05, 0) is 13.5 Å². The Morgan fingerprint density at radius 1 is 1.50 bits per heavy atom. The zero-order valence-electron chi connectivity index (χ0n) is 8.91. The van der Waals surface area contributed by atoms with Crippen LogP contribution in [0.5, 0.6) is 0 Å². The number of alkyl halides is 1. The third-order valence-electron chi connectivity index (χ3n) is 2.26. The predicted octanol–water partition coefficient (Wildman–Crippen LogP) is 2.12. The van der Waals surface area contributed by atoms with Gasteiger partial charge in [0.15, 0.2) is 0 Å². The molecular weight excluding hydrogens is 242 g/mol. The first-order chi connectivity index (χ1) is 6.80. The summed E-state index contributed by atoms with van der Waals surface area (Å²) in [6, 6.07) is 0. The lowest BCUT2D eigenvalue weighted by Gasteiger charge is -2.17. The maximum atomic E-state index is 4.26. The van der Waals surface area contributed by atoms with E-state index in [4.69, 9.17) is 0 Å². The minimum absolute atomic E-state index is 0.949. The Morgan fingerprint density at radius 2 is 2.29 bits per heavy atom. The van der Waals surface area contributed by atoms with Crippen molar-refractivity contribution in [1.29, 1.82) is 0 Å². The summed E-state index contributed by atoms with van der Waals surface area (Å²) < 4.78 is 1.97. The van der Waals surface area contributed by atoms with Gasteiger partial charge in [-0.3, -0.25) is 9.58 Å². The van der Waals surface area contributed by atoms with Crippen LogP contribution in [-0.4, -0.2) is 33.1 Å². The Balaban J connectivity index is 2.48. The largest absolute Gasteiger partial charge is 0.298 e. The molecule has 1 aromatic heterocycles. The maximum absolute atomic E-state index is 4.26. The van der Waals surface area contributed by atoms with E-state index in [0.29, 0.717) is 0 Å². The second-order valence-corrected chi connectivity index (χ2v) is 4.06. The van der Waals surface area contributed by atoms with Crippen LogP contribution in [0.15, 0.2) is 12.4 Å². The van der Waals surface area contributed by atoms with Crippen LogP contribution in [0.1, 0.15) is 19.4 Å². The molecule has 0 saturated heterocycles. The first-order valence-electron chi connectivity index (χ1n) is 5.09. The van der Waals surface area contributed by atoms with Crippen molar-refractivity contribution in [2.24, 2.45) is 0 Å². The Hall–Kier alpha value is -0.350. The van der Waals surface area contributed by atoms with Crippen molar-refractivity contribution in [1.82, 2.24) is 14.7 Å². The van der Waals surface area contributed by atoms with Crippen LogP contribution >= 0.6 is 15.9 Å². The quantitative estimate of drug-likeness (QED) is 0.730. The fraction of sp³-hybridized carbons (Fsp3) is 0.700. The highest BCUT2D eigenvalue weighted by Crippen LogP contribution is 2.03. The van der Waals surface area contributed by atoms with Crippen molar-refractivity contribution in [3.63, 3.8) is 0 Å². The van der Waals surface area contributed by atoms with Gasteiger partial charge >= 0.3 is 0 Å². The van der Waals surface area contributed by atoms with Crippen molar-refractivity contribution in [3.8, 4) is 0 Å². The molecule has 80 valence electrons. The van der Waals surface area contributed by atoms with Crippen LogP contribution in [0, 0.1) is 0 Å². The van der Waals surface area contributed by atoms with Crippen molar-refractivity contribution < 1.29 is 0 Å². The smallest absolute Gasteiger partial charge is 0.0534 e. The van der Waals surface area contributed by atoms with Gasteiger partial charge < -0.3 is 0 Å². The maximum Gasteiger partial charge on any atom is 0.0534 e. The molecule has 4 heteroatoms. The number of hydrogen-bond acceptors (Lipinski definition) is 2. The first kappa shape index (κ1) is 11.7. The molecule has 3 nitrogen and oxygen atoms in total. The lowest BCUT2D eigenvalue weighted by Crippen LogP contribution is -2.24. The number of aryl methyl sites for hydroxylation is 1. The topological polar surface area (TPSA) is 21.1 Å². The van der Waals surface area contributed by atoms with Gasteiger partial charge in [-0.15, -0.1) is 0 Å². The third-order valence-corrected chi connectivity index (χ3v) is 2.62. The summed E-state index contributed by atoms with van der Waals surface area (Å²) in [7, 11) is 0. The number of nitrogens with zero attached hydrogens (tertiary/aromatic N) is 3. The molecule has 0 aromatic carbocycles. The van der Waals surface area contributed by atoms with Crippen molar-refractivity contribution in [3.05, 3.63) is 18.0 Å². The van der Waals surface area contributed by atoms with Gasteiger partial charge in [0.25, 0.3) is 0 Å². The van der Waals surface area contributed by atoms with Crippen LogP contribution < -0.4 is 0 Å². The third kappa shape index (κ3) is 3.42. The van der Waals surface area contributed by atoms with Gasteiger partial charge in [-0.25, -0.2) is 0 Å². The molecule has 14 heavy (non-hydrogen) atoms. The van der Waals surface area contributed by atoms with E-state index in [-0.39, 0.29) is 0 Å². The monoisotopic (exact) mass is 259 g/mol. The summed E-state index contributed by atoms with van der Waals surface area (Å²) in [5.74, 6) is 0. The SMILES string of the molecule is CCN(CCBr)Cc1cnn(CC)c1. The summed E-state index contributed by atoms with van der Waals surface area (Å²) in [5.41, 5.74) is 1.30. The van der Waals surface area contributed by atoms with Crippen molar-refractivity contribution in [2.75, 3.05) is 18.4 Å². The molecule has 0 aliphatic carbocycles. The fourth-order valence-corrected chi connectivity index (χ4v) is 1.89.